The van der Waals surface area contributed by atoms with Crippen molar-refractivity contribution in [2.75, 3.05) is 32.2 Å². The molecule has 0 unspecified atom stereocenters. The van der Waals surface area contributed by atoms with Crippen LogP contribution in [0.2, 0.25) is 10.0 Å². The van der Waals surface area contributed by atoms with Crippen molar-refractivity contribution >= 4 is 40.9 Å². The molecule has 28 heavy (non-hydrogen) atoms. The number of benzene rings is 2. The second-order valence-electron chi connectivity index (χ2n) is 6.51. The Hall–Kier alpha value is -1.76. The number of rotatable bonds is 4. The normalized spacial score (nSPS) is 18.6. The van der Waals surface area contributed by atoms with E-state index in [9.17, 15) is 4.79 Å². The van der Waals surface area contributed by atoms with E-state index in [1.54, 1.807) is 18.2 Å². The molecule has 5 nitrogen and oxygen atoms in total. The SMILES string of the molecule is O=C(COc1ccc(Cl)cc1Cl)N1CCS[C@@H](c2ccc3c(c2)OCO3)CC1. The lowest BCUT2D eigenvalue weighted by molar-refractivity contribution is -0.133. The number of amides is 1. The summed E-state index contributed by atoms with van der Waals surface area (Å²) in [7, 11) is 0. The smallest absolute Gasteiger partial charge is 0.260 e. The fourth-order valence-electron chi connectivity index (χ4n) is 3.22. The van der Waals surface area contributed by atoms with Crippen LogP contribution in [0.3, 0.4) is 0 Å². The fraction of sp³-hybridized carbons (Fsp3) is 0.350. The molecule has 2 heterocycles. The van der Waals surface area contributed by atoms with Crippen molar-refractivity contribution in [3.63, 3.8) is 0 Å². The Balaban J connectivity index is 1.33. The van der Waals surface area contributed by atoms with Crippen LogP contribution in [0.4, 0.5) is 0 Å². The first-order valence-corrected chi connectivity index (χ1v) is 10.8. The van der Waals surface area contributed by atoms with E-state index in [0.29, 0.717) is 34.1 Å². The molecule has 8 heteroatoms. The highest BCUT2D eigenvalue weighted by molar-refractivity contribution is 7.99. The van der Waals surface area contributed by atoms with Crippen LogP contribution in [0.25, 0.3) is 0 Å². The average molecular weight is 440 g/mol. The minimum absolute atomic E-state index is 0.0410. The summed E-state index contributed by atoms with van der Waals surface area (Å²) in [6.07, 6.45) is 0.873. The van der Waals surface area contributed by atoms with E-state index < -0.39 is 0 Å². The molecule has 2 aromatic rings. The molecule has 1 saturated heterocycles. The third-order valence-corrected chi connectivity index (χ3v) is 6.57. The van der Waals surface area contributed by atoms with Crippen LogP contribution in [0.5, 0.6) is 17.2 Å². The van der Waals surface area contributed by atoms with Gasteiger partial charge in [-0.15, -0.1) is 0 Å². The number of hydrogen-bond donors (Lipinski definition) is 0. The van der Waals surface area contributed by atoms with Crippen molar-refractivity contribution in [1.82, 2.24) is 4.90 Å². The molecule has 1 amide bonds. The van der Waals surface area contributed by atoms with E-state index in [0.717, 1.165) is 23.7 Å². The summed E-state index contributed by atoms with van der Waals surface area (Å²) in [6.45, 7) is 1.61. The standard InChI is InChI=1S/C20H19Cl2NO4S/c21-14-2-4-16(15(22)10-14)25-11-20(24)23-6-5-19(28-8-7-23)13-1-3-17-18(9-13)27-12-26-17/h1-4,9-10,19H,5-8,11-12H2/t19-/m1/s1. The minimum Gasteiger partial charge on any atom is -0.482 e. The average Bonchev–Trinajstić information content (AvgIpc) is 3.01. The number of ether oxygens (including phenoxy) is 3. The van der Waals surface area contributed by atoms with Crippen molar-refractivity contribution < 1.29 is 19.0 Å². The van der Waals surface area contributed by atoms with Crippen LogP contribution >= 0.6 is 35.0 Å². The van der Waals surface area contributed by atoms with Crippen molar-refractivity contribution in [3.8, 4) is 17.2 Å². The zero-order valence-corrected chi connectivity index (χ0v) is 17.4. The van der Waals surface area contributed by atoms with Crippen LogP contribution in [0, 0.1) is 0 Å². The monoisotopic (exact) mass is 439 g/mol. The molecule has 0 spiro atoms. The minimum atomic E-state index is -0.0436. The molecule has 2 aliphatic rings. The second kappa shape index (κ2) is 8.72. The van der Waals surface area contributed by atoms with Crippen LogP contribution < -0.4 is 14.2 Å². The van der Waals surface area contributed by atoms with Crippen molar-refractivity contribution in [3.05, 3.63) is 52.0 Å². The number of hydrogen-bond acceptors (Lipinski definition) is 5. The van der Waals surface area contributed by atoms with Crippen LogP contribution in [0.15, 0.2) is 36.4 Å². The Bertz CT molecular complexity index is 879. The first-order chi connectivity index (χ1) is 13.6. The largest absolute Gasteiger partial charge is 0.482 e. The Labute approximate surface area is 177 Å². The third kappa shape index (κ3) is 4.45. The predicted octanol–water partition coefficient (Wildman–Crippen LogP) is 4.81. The van der Waals surface area contributed by atoms with Gasteiger partial charge in [-0.3, -0.25) is 4.79 Å². The lowest BCUT2D eigenvalue weighted by atomic mass is 10.1. The van der Waals surface area contributed by atoms with Gasteiger partial charge in [0.2, 0.25) is 6.79 Å². The Morgan fingerprint density at radius 2 is 2.00 bits per heavy atom. The number of halogens is 2. The number of carbonyl (C=O) groups is 1. The molecule has 0 aromatic heterocycles. The highest BCUT2D eigenvalue weighted by Crippen LogP contribution is 2.40. The summed E-state index contributed by atoms with van der Waals surface area (Å²) in [4.78, 5) is 14.4. The van der Waals surface area contributed by atoms with Crippen LogP contribution in [-0.4, -0.2) is 43.0 Å². The van der Waals surface area contributed by atoms with Gasteiger partial charge < -0.3 is 19.1 Å². The molecule has 0 bridgehead atoms. The Morgan fingerprint density at radius 3 is 2.86 bits per heavy atom. The summed E-state index contributed by atoms with van der Waals surface area (Å²) in [5, 5.41) is 1.25. The highest BCUT2D eigenvalue weighted by atomic mass is 35.5. The summed E-state index contributed by atoms with van der Waals surface area (Å²) >= 11 is 13.8. The van der Waals surface area contributed by atoms with Gasteiger partial charge in [-0.2, -0.15) is 11.8 Å². The van der Waals surface area contributed by atoms with Gasteiger partial charge in [0.05, 0.1) is 5.02 Å². The molecule has 0 aliphatic carbocycles. The number of nitrogens with zero attached hydrogens (tertiary/aromatic N) is 1. The van der Waals surface area contributed by atoms with Gasteiger partial charge in [0, 0.05) is 29.1 Å². The Kier molecular flexibility index (Phi) is 6.09. The maximum Gasteiger partial charge on any atom is 0.260 e. The molecule has 2 aromatic carbocycles. The number of carbonyl (C=O) groups excluding carboxylic acids is 1. The van der Waals surface area contributed by atoms with Gasteiger partial charge >= 0.3 is 0 Å². The molecule has 0 N–H and O–H groups in total. The summed E-state index contributed by atoms with van der Waals surface area (Å²) < 4.78 is 16.5. The number of thioether (sulfide) groups is 1. The zero-order valence-electron chi connectivity index (χ0n) is 15.0. The fourth-order valence-corrected chi connectivity index (χ4v) is 4.91. The molecule has 1 fully saturated rings. The highest BCUT2D eigenvalue weighted by Gasteiger charge is 2.24. The third-order valence-electron chi connectivity index (χ3n) is 4.71. The van der Waals surface area contributed by atoms with E-state index in [4.69, 9.17) is 37.4 Å². The summed E-state index contributed by atoms with van der Waals surface area (Å²) in [6, 6.07) is 11.0. The maximum atomic E-state index is 12.6. The van der Waals surface area contributed by atoms with E-state index in [-0.39, 0.29) is 19.3 Å². The van der Waals surface area contributed by atoms with Crippen molar-refractivity contribution in [2.45, 2.75) is 11.7 Å². The first kappa shape index (κ1) is 19.6. The molecule has 0 radical (unpaired) electrons. The number of fused-ring (bicyclic) bond motifs is 1. The van der Waals surface area contributed by atoms with Gasteiger partial charge in [0.1, 0.15) is 5.75 Å². The van der Waals surface area contributed by atoms with Gasteiger partial charge in [-0.1, -0.05) is 29.3 Å². The quantitative estimate of drug-likeness (QED) is 0.683. The Morgan fingerprint density at radius 1 is 1.14 bits per heavy atom. The molecular formula is C20H19Cl2NO4S. The van der Waals surface area contributed by atoms with Crippen LogP contribution in [0.1, 0.15) is 17.2 Å². The molecular weight excluding hydrogens is 421 g/mol. The zero-order chi connectivity index (χ0) is 19.5. The molecule has 0 saturated carbocycles. The second-order valence-corrected chi connectivity index (χ2v) is 8.66. The molecule has 2 aliphatic heterocycles. The van der Waals surface area contributed by atoms with Crippen molar-refractivity contribution in [1.29, 1.82) is 0 Å². The molecule has 1 atom stereocenters. The van der Waals surface area contributed by atoms with Gasteiger partial charge in [0.25, 0.3) is 5.91 Å². The first-order valence-electron chi connectivity index (χ1n) is 8.97. The van der Waals surface area contributed by atoms with Crippen molar-refractivity contribution in [2.24, 2.45) is 0 Å². The maximum absolute atomic E-state index is 12.6. The van der Waals surface area contributed by atoms with E-state index in [1.165, 1.54) is 5.56 Å². The van der Waals surface area contributed by atoms with Gasteiger partial charge in [-0.25, -0.2) is 0 Å². The summed E-state index contributed by atoms with van der Waals surface area (Å²) in [5.41, 5.74) is 1.20. The lowest BCUT2D eigenvalue weighted by Gasteiger charge is -2.20. The van der Waals surface area contributed by atoms with Crippen LogP contribution in [-0.2, 0) is 4.79 Å². The van der Waals surface area contributed by atoms with E-state index in [1.807, 2.05) is 28.8 Å². The topological polar surface area (TPSA) is 48.0 Å². The van der Waals surface area contributed by atoms with Gasteiger partial charge in [0.15, 0.2) is 18.1 Å². The van der Waals surface area contributed by atoms with E-state index >= 15 is 0 Å². The predicted molar refractivity (Wildman–Crippen MR) is 111 cm³/mol. The molecule has 4 rings (SSSR count). The van der Waals surface area contributed by atoms with E-state index in [2.05, 4.69) is 6.07 Å². The lowest BCUT2D eigenvalue weighted by Crippen LogP contribution is -2.36. The summed E-state index contributed by atoms with van der Waals surface area (Å²) in [5.74, 6) is 2.87. The van der Waals surface area contributed by atoms with Gasteiger partial charge in [-0.05, 0) is 42.3 Å². The molecule has 148 valence electrons.